The lowest BCUT2D eigenvalue weighted by molar-refractivity contribution is -0.116. The van der Waals surface area contributed by atoms with Crippen molar-refractivity contribution in [1.82, 2.24) is 0 Å². The molecule has 0 aliphatic heterocycles. The second kappa shape index (κ2) is 7.12. The van der Waals surface area contributed by atoms with Crippen LogP contribution in [0, 0.1) is 0 Å². The molecule has 1 atom stereocenters. The fourth-order valence-corrected chi connectivity index (χ4v) is 2.69. The quantitative estimate of drug-likeness (QED) is 0.721. The van der Waals surface area contributed by atoms with Crippen molar-refractivity contribution < 1.29 is 13.2 Å². The number of nitrogens with two attached hydrogens (primary N) is 1. The molecule has 2 aromatic rings. The van der Waals surface area contributed by atoms with E-state index in [-0.39, 0.29) is 10.8 Å². The average Bonchev–Trinajstić information content (AvgIpc) is 2.49. The van der Waals surface area contributed by atoms with Crippen LogP contribution >= 0.6 is 15.9 Å². The minimum atomic E-state index is -3.81. The Balaban J connectivity index is 2.05. The molecule has 0 radical (unpaired) electrons. The molecule has 0 unspecified atom stereocenters. The average molecular weight is 398 g/mol. The second-order valence-electron chi connectivity index (χ2n) is 4.94. The first-order chi connectivity index (χ1) is 10.8. The molecule has 2 aromatic carbocycles. The minimum absolute atomic E-state index is 0.0520. The third kappa shape index (κ3) is 5.05. The largest absolute Gasteiger partial charge is 0.374 e. The summed E-state index contributed by atoms with van der Waals surface area (Å²) in [6.07, 6.45) is 0. The van der Waals surface area contributed by atoms with E-state index in [1.54, 1.807) is 13.0 Å². The van der Waals surface area contributed by atoms with Gasteiger partial charge in [0.05, 0.1) is 4.90 Å². The number of halogens is 1. The van der Waals surface area contributed by atoms with Crippen LogP contribution in [0.2, 0.25) is 0 Å². The molecule has 0 saturated heterocycles. The van der Waals surface area contributed by atoms with Gasteiger partial charge in [0, 0.05) is 15.8 Å². The molecule has 0 spiro atoms. The fraction of sp³-hybridized carbons (Fsp3) is 0.133. The van der Waals surface area contributed by atoms with Crippen LogP contribution in [0.25, 0.3) is 0 Å². The van der Waals surface area contributed by atoms with Crippen LogP contribution in [0.3, 0.4) is 0 Å². The number of hydrogen-bond acceptors (Lipinski definition) is 4. The Morgan fingerprint density at radius 3 is 2.39 bits per heavy atom. The molecule has 0 bridgehead atoms. The van der Waals surface area contributed by atoms with E-state index in [1.165, 1.54) is 18.2 Å². The molecule has 8 heteroatoms. The summed E-state index contributed by atoms with van der Waals surface area (Å²) in [4.78, 5) is 12.1. The molecule has 6 nitrogen and oxygen atoms in total. The van der Waals surface area contributed by atoms with Crippen LogP contribution in [0.5, 0.6) is 0 Å². The van der Waals surface area contributed by atoms with Gasteiger partial charge in [-0.05, 0) is 49.4 Å². The second-order valence-corrected chi connectivity index (χ2v) is 7.41. The maximum absolute atomic E-state index is 12.2. The standard InChI is InChI=1S/C15H16BrN3O3S/c1-10(18-12-7-5-11(16)6-8-12)15(20)19-13-3-2-4-14(9-13)23(17,21)22/h2-10,18H,1H3,(H,19,20)(H2,17,21,22)/t10-/m1/s1. The molecule has 0 saturated carbocycles. The molecule has 0 aliphatic carbocycles. The zero-order valence-corrected chi connectivity index (χ0v) is 14.7. The Labute approximate surface area is 143 Å². The van der Waals surface area contributed by atoms with E-state index in [0.717, 1.165) is 10.2 Å². The smallest absolute Gasteiger partial charge is 0.246 e. The van der Waals surface area contributed by atoms with Crippen molar-refractivity contribution >= 4 is 43.2 Å². The SMILES string of the molecule is C[C@@H](Nc1ccc(Br)cc1)C(=O)Nc1cccc(S(N)(=O)=O)c1. The number of amides is 1. The summed E-state index contributed by atoms with van der Waals surface area (Å²) < 4.78 is 23.6. The molecule has 0 aromatic heterocycles. The van der Waals surface area contributed by atoms with Gasteiger partial charge in [-0.15, -0.1) is 0 Å². The van der Waals surface area contributed by atoms with Crippen LogP contribution in [0.1, 0.15) is 6.92 Å². The maximum atomic E-state index is 12.2. The Hall–Kier alpha value is -1.90. The molecule has 1 amide bonds. The predicted octanol–water partition coefficient (Wildman–Crippen LogP) is 2.54. The number of rotatable bonds is 5. The number of carbonyl (C=O) groups excluding carboxylic acids is 1. The van der Waals surface area contributed by atoms with Crippen molar-refractivity contribution in [2.24, 2.45) is 5.14 Å². The van der Waals surface area contributed by atoms with Crippen molar-refractivity contribution in [2.45, 2.75) is 17.9 Å². The number of benzene rings is 2. The minimum Gasteiger partial charge on any atom is -0.374 e. The summed E-state index contributed by atoms with van der Waals surface area (Å²) in [5.74, 6) is -0.292. The number of anilines is 2. The van der Waals surface area contributed by atoms with Crippen molar-refractivity contribution in [3.8, 4) is 0 Å². The van der Waals surface area contributed by atoms with Crippen LogP contribution < -0.4 is 15.8 Å². The van der Waals surface area contributed by atoms with Crippen LogP contribution in [-0.4, -0.2) is 20.4 Å². The Morgan fingerprint density at radius 1 is 1.13 bits per heavy atom. The van der Waals surface area contributed by atoms with Crippen molar-refractivity contribution in [1.29, 1.82) is 0 Å². The van der Waals surface area contributed by atoms with Gasteiger partial charge in [-0.3, -0.25) is 4.79 Å². The van der Waals surface area contributed by atoms with Gasteiger partial charge < -0.3 is 10.6 Å². The van der Waals surface area contributed by atoms with Crippen LogP contribution in [0.15, 0.2) is 57.9 Å². The number of carbonyl (C=O) groups is 1. The zero-order valence-electron chi connectivity index (χ0n) is 12.3. The summed E-state index contributed by atoms with van der Waals surface area (Å²) in [5.41, 5.74) is 1.17. The molecule has 0 fully saturated rings. The monoisotopic (exact) mass is 397 g/mol. The van der Waals surface area contributed by atoms with E-state index in [1.807, 2.05) is 24.3 Å². The number of hydrogen-bond donors (Lipinski definition) is 3. The highest BCUT2D eigenvalue weighted by atomic mass is 79.9. The van der Waals surface area contributed by atoms with Crippen molar-refractivity contribution in [2.75, 3.05) is 10.6 Å². The van der Waals surface area contributed by atoms with Gasteiger partial charge in [-0.2, -0.15) is 0 Å². The Morgan fingerprint density at radius 2 is 1.78 bits per heavy atom. The molecule has 2 rings (SSSR count). The van der Waals surface area contributed by atoms with Crippen molar-refractivity contribution in [3.05, 3.63) is 53.0 Å². The lowest BCUT2D eigenvalue weighted by atomic mass is 10.2. The normalized spacial score (nSPS) is 12.5. The number of sulfonamides is 1. The van der Waals surface area contributed by atoms with Gasteiger partial charge in [0.25, 0.3) is 0 Å². The van der Waals surface area contributed by atoms with Crippen LogP contribution in [-0.2, 0) is 14.8 Å². The highest BCUT2D eigenvalue weighted by molar-refractivity contribution is 9.10. The van der Waals surface area contributed by atoms with E-state index in [2.05, 4.69) is 26.6 Å². The highest BCUT2D eigenvalue weighted by Gasteiger charge is 2.14. The van der Waals surface area contributed by atoms with Gasteiger partial charge in [0.2, 0.25) is 15.9 Å². The topological polar surface area (TPSA) is 101 Å². The summed E-state index contributed by atoms with van der Waals surface area (Å²) in [6.45, 7) is 1.71. The summed E-state index contributed by atoms with van der Waals surface area (Å²) >= 11 is 3.34. The van der Waals surface area contributed by atoms with Gasteiger partial charge in [-0.1, -0.05) is 22.0 Å². The maximum Gasteiger partial charge on any atom is 0.246 e. The molecule has 122 valence electrons. The Kier molecular flexibility index (Phi) is 5.40. The molecule has 4 N–H and O–H groups in total. The first kappa shape index (κ1) is 17.5. The lowest BCUT2D eigenvalue weighted by Crippen LogP contribution is -2.31. The van der Waals surface area contributed by atoms with Crippen LogP contribution in [0.4, 0.5) is 11.4 Å². The third-order valence-electron chi connectivity index (χ3n) is 3.05. The first-order valence-corrected chi connectivity index (χ1v) is 9.05. The third-order valence-corrected chi connectivity index (χ3v) is 4.49. The molecule has 0 heterocycles. The lowest BCUT2D eigenvalue weighted by Gasteiger charge is -2.15. The van der Waals surface area contributed by atoms with Gasteiger partial charge in [-0.25, -0.2) is 13.6 Å². The van der Waals surface area contributed by atoms with Gasteiger partial charge >= 0.3 is 0 Å². The number of primary sulfonamides is 1. The summed E-state index contributed by atoms with van der Waals surface area (Å²) in [5, 5.41) is 10.8. The van der Waals surface area contributed by atoms with E-state index < -0.39 is 16.1 Å². The molecular weight excluding hydrogens is 382 g/mol. The molecular formula is C15H16BrN3O3S. The summed E-state index contributed by atoms with van der Waals surface area (Å²) in [7, 11) is -3.81. The van der Waals surface area contributed by atoms with Gasteiger partial charge in [0.1, 0.15) is 6.04 Å². The van der Waals surface area contributed by atoms with Crippen molar-refractivity contribution in [3.63, 3.8) is 0 Å². The Bertz CT molecular complexity index is 807. The molecule has 23 heavy (non-hydrogen) atoms. The predicted molar refractivity (Wildman–Crippen MR) is 93.7 cm³/mol. The van der Waals surface area contributed by atoms with E-state index in [0.29, 0.717) is 5.69 Å². The fourth-order valence-electron chi connectivity index (χ4n) is 1.86. The van der Waals surface area contributed by atoms with E-state index >= 15 is 0 Å². The van der Waals surface area contributed by atoms with Gasteiger partial charge in [0.15, 0.2) is 0 Å². The number of nitrogens with one attached hydrogen (secondary N) is 2. The zero-order chi connectivity index (χ0) is 17.0. The first-order valence-electron chi connectivity index (χ1n) is 6.71. The molecule has 0 aliphatic rings. The van der Waals surface area contributed by atoms with E-state index in [4.69, 9.17) is 5.14 Å². The summed E-state index contributed by atoms with van der Waals surface area (Å²) in [6, 6.07) is 12.7. The highest BCUT2D eigenvalue weighted by Crippen LogP contribution is 2.17. The van der Waals surface area contributed by atoms with E-state index in [9.17, 15) is 13.2 Å².